The average Bonchev–Trinajstić information content (AvgIpc) is 3.65. The van der Waals surface area contributed by atoms with Crippen LogP contribution in [0.3, 0.4) is 0 Å². The highest BCUT2D eigenvalue weighted by atomic mass is 35.5. The zero-order valence-corrected chi connectivity index (χ0v) is 33.0. The van der Waals surface area contributed by atoms with E-state index < -0.39 is 11.7 Å². The number of aromatic nitrogens is 4. The Bertz CT molecular complexity index is 1970. The number of benzene rings is 2. The minimum atomic E-state index is -4.56. The first-order valence-corrected chi connectivity index (χ1v) is 18.8. The summed E-state index contributed by atoms with van der Waals surface area (Å²) in [7, 11) is 1.66. The fourth-order valence-corrected chi connectivity index (χ4v) is 8.95. The summed E-state index contributed by atoms with van der Waals surface area (Å²) in [6, 6.07) is 7.57. The molecule has 6 heterocycles. The zero-order chi connectivity index (χ0) is 36.6. The third kappa shape index (κ3) is 8.95. The van der Waals surface area contributed by atoms with Crippen LogP contribution in [0.5, 0.6) is 5.75 Å². The molecule has 2 aromatic carbocycles. The van der Waals surface area contributed by atoms with Crippen molar-refractivity contribution in [3.05, 3.63) is 61.4 Å². The van der Waals surface area contributed by atoms with Crippen molar-refractivity contribution in [1.82, 2.24) is 28.9 Å². The standard InChI is InChI=1S/C19H27N3O3.C18H21ClF3N3O2.2ClH/c1-13-11-17-16(12-18(13)24-2)20-19(23)22(17)15-3-7-21(8-4-15)14-5-9-25-10-6-14;19-14-10-16-15(9-13(14)18(20,21)22)23-17(26)25(16)12-1-5-24(6-2-12)11-3-7-27-8-4-11;;/h11-12,14-15H,3-10H2,1-2H3,(H,20,23);9-12H,1-8H2,(H,23,26);2*1H. The Balaban J connectivity index is 0.000000201. The second kappa shape index (κ2) is 18.0. The van der Waals surface area contributed by atoms with Crippen molar-refractivity contribution < 1.29 is 27.4 Å². The van der Waals surface area contributed by atoms with E-state index in [-0.39, 0.29) is 58.8 Å². The fraction of sp³-hybridized carbons (Fsp3) is 0.622. The van der Waals surface area contributed by atoms with Crippen LogP contribution in [0.2, 0.25) is 5.02 Å². The number of piperidine rings is 2. The molecule has 0 amide bonds. The molecule has 2 aromatic heterocycles. The van der Waals surface area contributed by atoms with E-state index in [1.165, 1.54) is 6.07 Å². The van der Waals surface area contributed by atoms with Crippen molar-refractivity contribution in [1.29, 1.82) is 0 Å². The Kier molecular flexibility index (Phi) is 14.2. The van der Waals surface area contributed by atoms with Crippen molar-refractivity contribution in [3.63, 3.8) is 0 Å². The lowest BCUT2D eigenvalue weighted by Gasteiger charge is -2.39. The SMILES string of the molecule is COc1cc2[nH]c(=O)n(C3CCN(C4CCOCC4)CC3)c2cc1C.Cl.Cl.O=c1[nH]c2cc(C(F)(F)F)c(Cl)cc2n1C1CCN(C2CCOCC2)CC1. The van der Waals surface area contributed by atoms with E-state index in [0.717, 1.165) is 132 Å². The van der Waals surface area contributed by atoms with Gasteiger partial charge in [0.1, 0.15) is 5.75 Å². The van der Waals surface area contributed by atoms with Crippen molar-refractivity contribution in [2.24, 2.45) is 0 Å². The molecule has 8 rings (SSSR count). The van der Waals surface area contributed by atoms with Crippen LogP contribution in [-0.4, -0.2) is 101 Å². The van der Waals surface area contributed by atoms with Crippen molar-refractivity contribution in [3.8, 4) is 5.75 Å². The van der Waals surface area contributed by atoms with Gasteiger partial charge in [-0.25, -0.2) is 9.59 Å². The van der Waals surface area contributed by atoms with Gasteiger partial charge >= 0.3 is 17.6 Å². The molecule has 0 aliphatic carbocycles. The number of likely N-dealkylation sites (tertiary alicyclic amines) is 2. The van der Waals surface area contributed by atoms with Crippen LogP contribution in [0.4, 0.5) is 13.2 Å². The Morgan fingerprint density at radius 1 is 0.685 bits per heavy atom. The smallest absolute Gasteiger partial charge is 0.417 e. The fourth-order valence-electron chi connectivity index (χ4n) is 8.69. The minimum Gasteiger partial charge on any atom is -0.496 e. The minimum absolute atomic E-state index is 0. The van der Waals surface area contributed by atoms with Gasteiger partial charge in [0, 0.05) is 82.8 Å². The number of aromatic amines is 2. The van der Waals surface area contributed by atoms with Crippen molar-refractivity contribution >= 4 is 58.5 Å². The third-order valence-electron chi connectivity index (χ3n) is 11.5. The molecule has 0 spiro atoms. The molecule has 4 aliphatic heterocycles. The number of H-pyrrole nitrogens is 2. The van der Waals surface area contributed by atoms with Crippen LogP contribution in [-0.2, 0) is 15.7 Å². The predicted molar refractivity (Wildman–Crippen MR) is 208 cm³/mol. The number of halogens is 6. The van der Waals surface area contributed by atoms with E-state index in [0.29, 0.717) is 17.6 Å². The van der Waals surface area contributed by atoms with Crippen LogP contribution in [0.15, 0.2) is 33.9 Å². The second-order valence-corrected chi connectivity index (χ2v) is 14.9. The number of aryl methyl sites for hydroxylation is 1. The van der Waals surface area contributed by atoms with Gasteiger partial charge in [-0.15, -0.1) is 24.8 Å². The predicted octanol–water partition coefficient (Wildman–Crippen LogP) is 7.12. The van der Waals surface area contributed by atoms with Gasteiger partial charge < -0.3 is 34.0 Å². The topological polar surface area (TPSA) is 110 Å². The van der Waals surface area contributed by atoms with E-state index in [1.54, 1.807) is 11.7 Å². The molecule has 4 aliphatic rings. The maximum absolute atomic E-state index is 13.1. The monoisotopic (exact) mass is 820 g/mol. The number of imidazole rings is 2. The quantitative estimate of drug-likeness (QED) is 0.221. The van der Waals surface area contributed by atoms with Crippen molar-refractivity contribution in [2.45, 2.75) is 88.6 Å². The van der Waals surface area contributed by atoms with E-state index in [1.807, 2.05) is 17.6 Å². The van der Waals surface area contributed by atoms with Gasteiger partial charge in [-0.2, -0.15) is 13.2 Å². The highest BCUT2D eigenvalue weighted by Crippen LogP contribution is 2.38. The summed E-state index contributed by atoms with van der Waals surface area (Å²) in [5.74, 6) is 0.815. The first kappa shape index (κ1) is 42.4. The number of fused-ring (bicyclic) bond motifs is 2. The normalized spacial score (nSPS) is 20.3. The molecule has 4 saturated heterocycles. The molecular formula is C37H50Cl3F3N6O5. The first-order valence-electron chi connectivity index (χ1n) is 18.4. The van der Waals surface area contributed by atoms with E-state index in [9.17, 15) is 22.8 Å². The molecule has 0 atom stereocenters. The molecule has 0 saturated carbocycles. The van der Waals surface area contributed by atoms with E-state index in [2.05, 4.69) is 25.8 Å². The summed E-state index contributed by atoms with van der Waals surface area (Å²) in [5, 5.41) is -0.387. The Morgan fingerprint density at radius 3 is 1.54 bits per heavy atom. The Morgan fingerprint density at radius 2 is 1.11 bits per heavy atom. The highest BCUT2D eigenvalue weighted by molar-refractivity contribution is 6.32. The largest absolute Gasteiger partial charge is 0.496 e. The van der Waals surface area contributed by atoms with Crippen LogP contribution in [0.1, 0.15) is 74.6 Å². The molecule has 2 N–H and O–H groups in total. The number of nitrogens with one attached hydrogen (secondary N) is 2. The van der Waals surface area contributed by atoms with Gasteiger partial charge in [-0.05, 0) is 82.1 Å². The van der Waals surface area contributed by atoms with Crippen LogP contribution >= 0.6 is 36.4 Å². The van der Waals surface area contributed by atoms with Gasteiger partial charge in [-0.1, -0.05) is 11.6 Å². The molecular weight excluding hydrogens is 772 g/mol. The number of alkyl halides is 3. The maximum Gasteiger partial charge on any atom is 0.417 e. The highest BCUT2D eigenvalue weighted by Gasteiger charge is 2.35. The number of hydrogen-bond donors (Lipinski definition) is 2. The summed E-state index contributed by atoms with van der Waals surface area (Å²) in [6.07, 6.45) is 3.37. The van der Waals surface area contributed by atoms with Crippen molar-refractivity contribution in [2.75, 3.05) is 59.7 Å². The van der Waals surface area contributed by atoms with E-state index >= 15 is 0 Å². The van der Waals surface area contributed by atoms with Crippen LogP contribution in [0.25, 0.3) is 22.1 Å². The summed E-state index contributed by atoms with van der Waals surface area (Å²) in [4.78, 5) is 35.6. The zero-order valence-electron chi connectivity index (χ0n) is 30.6. The summed E-state index contributed by atoms with van der Waals surface area (Å²) < 4.78 is 59.0. The molecule has 54 heavy (non-hydrogen) atoms. The van der Waals surface area contributed by atoms with E-state index in [4.69, 9.17) is 25.8 Å². The summed E-state index contributed by atoms with van der Waals surface area (Å²) in [5.41, 5.74) is 2.19. The van der Waals surface area contributed by atoms with Gasteiger partial charge in [0.05, 0.1) is 39.8 Å². The average molecular weight is 822 g/mol. The number of nitrogens with zero attached hydrogens (tertiary/aromatic N) is 4. The molecule has 4 fully saturated rings. The van der Waals surface area contributed by atoms with Gasteiger partial charge in [0.2, 0.25) is 0 Å². The lowest BCUT2D eigenvalue weighted by atomic mass is 9.99. The number of ether oxygens (including phenoxy) is 3. The number of rotatable bonds is 5. The molecule has 0 radical (unpaired) electrons. The summed E-state index contributed by atoms with van der Waals surface area (Å²) >= 11 is 5.86. The van der Waals surface area contributed by atoms with Gasteiger partial charge in [0.25, 0.3) is 0 Å². The van der Waals surface area contributed by atoms with Gasteiger partial charge in [-0.3, -0.25) is 9.13 Å². The molecule has 4 aromatic rings. The molecule has 0 bridgehead atoms. The molecule has 17 heteroatoms. The number of methoxy groups -OCH3 is 1. The third-order valence-corrected chi connectivity index (χ3v) is 11.8. The second-order valence-electron chi connectivity index (χ2n) is 14.5. The Labute approximate surface area is 329 Å². The number of hydrogen-bond acceptors (Lipinski definition) is 7. The maximum atomic E-state index is 13.1. The lowest BCUT2D eigenvalue weighted by molar-refractivity contribution is -0.137. The van der Waals surface area contributed by atoms with Gasteiger partial charge in [0.15, 0.2) is 0 Å². The molecule has 0 unspecified atom stereocenters. The molecule has 300 valence electrons. The first-order chi connectivity index (χ1) is 25.0. The van der Waals surface area contributed by atoms with Crippen LogP contribution < -0.4 is 16.1 Å². The van der Waals surface area contributed by atoms with Crippen LogP contribution in [0, 0.1) is 6.92 Å². The lowest BCUT2D eigenvalue weighted by Crippen LogP contribution is -2.45. The molecule has 11 nitrogen and oxygen atoms in total. The summed E-state index contributed by atoms with van der Waals surface area (Å²) in [6.45, 7) is 9.20. The Hall–Kier alpha value is -2.72.